The number of rotatable bonds is 9. The maximum Gasteiger partial charge on any atom is -0.00183 e. The molecule has 2 heterocycles. The largest absolute Gasteiger partial charge is 0.309 e. The van der Waals surface area contributed by atoms with Crippen LogP contribution in [0.3, 0.4) is 0 Å². The van der Waals surface area contributed by atoms with E-state index < -0.39 is 0 Å². The summed E-state index contributed by atoms with van der Waals surface area (Å²) in [5.74, 6) is 0. The minimum Gasteiger partial charge on any atom is -0.309 e. The van der Waals surface area contributed by atoms with E-state index in [2.05, 4.69) is 75.4 Å². The van der Waals surface area contributed by atoms with E-state index in [0.717, 1.165) is 0 Å². The SMILES string of the molecule is CCCN(C)C.CCCN(C)CC.CCCN1CCCC1.CCCN1CCCCC1. The number of likely N-dealkylation sites (tertiary alicyclic amines) is 2. The average Bonchev–Trinajstić information content (AvgIpc) is 3.24. The van der Waals surface area contributed by atoms with Crippen molar-refractivity contribution in [3.63, 3.8) is 0 Å². The number of hydrogen-bond donors (Lipinski definition) is 0. The zero-order valence-electron chi connectivity index (χ0n) is 22.5. The molecule has 0 aliphatic carbocycles. The molecular weight excluding hydrogens is 368 g/mol. The highest BCUT2D eigenvalue weighted by molar-refractivity contribution is 4.64. The summed E-state index contributed by atoms with van der Waals surface area (Å²) in [4.78, 5) is 9.60. The predicted molar refractivity (Wildman–Crippen MR) is 139 cm³/mol. The van der Waals surface area contributed by atoms with Gasteiger partial charge in [0.1, 0.15) is 0 Å². The monoisotopic (exact) mass is 428 g/mol. The molecule has 30 heavy (non-hydrogen) atoms. The zero-order chi connectivity index (χ0) is 23.0. The summed E-state index contributed by atoms with van der Waals surface area (Å²) in [6.45, 7) is 22.7. The van der Waals surface area contributed by atoms with E-state index in [4.69, 9.17) is 0 Å². The van der Waals surface area contributed by atoms with Gasteiger partial charge < -0.3 is 19.6 Å². The van der Waals surface area contributed by atoms with E-state index >= 15 is 0 Å². The van der Waals surface area contributed by atoms with Crippen molar-refractivity contribution in [3.8, 4) is 0 Å². The van der Waals surface area contributed by atoms with Gasteiger partial charge >= 0.3 is 0 Å². The first-order valence-electron chi connectivity index (χ1n) is 13.2. The molecule has 0 unspecified atom stereocenters. The number of hydrogen-bond acceptors (Lipinski definition) is 4. The summed E-state index contributed by atoms with van der Waals surface area (Å²) < 4.78 is 0. The van der Waals surface area contributed by atoms with Gasteiger partial charge in [-0.25, -0.2) is 0 Å². The second-order valence-electron chi connectivity index (χ2n) is 9.15. The van der Waals surface area contributed by atoms with Crippen LogP contribution in [0.25, 0.3) is 0 Å². The van der Waals surface area contributed by atoms with Gasteiger partial charge in [0.05, 0.1) is 0 Å². The van der Waals surface area contributed by atoms with Crippen molar-refractivity contribution in [3.05, 3.63) is 0 Å². The fraction of sp³-hybridized carbons (Fsp3) is 1.00. The molecule has 2 aliphatic rings. The van der Waals surface area contributed by atoms with Crippen LogP contribution in [-0.4, -0.2) is 99.6 Å². The Bertz CT molecular complexity index is 295. The second kappa shape index (κ2) is 25.1. The molecule has 0 amide bonds. The van der Waals surface area contributed by atoms with Crippen molar-refractivity contribution in [2.45, 2.75) is 92.4 Å². The van der Waals surface area contributed by atoms with E-state index in [1.165, 1.54) is 117 Å². The zero-order valence-corrected chi connectivity index (χ0v) is 22.5. The molecule has 2 rings (SSSR count). The average molecular weight is 429 g/mol. The van der Waals surface area contributed by atoms with Crippen LogP contribution in [0.1, 0.15) is 92.4 Å². The molecule has 0 atom stereocenters. The lowest BCUT2D eigenvalue weighted by molar-refractivity contribution is 0.229. The van der Waals surface area contributed by atoms with E-state index in [1.807, 2.05) is 0 Å². The Morgan fingerprint density at radius 2 is 0.933 bits per heavy atom. The Labute approximate surface area is 192 Å². The molecule has 4 nitrogen and oxygen atoms in total. The normalized spacial score (nSPS) is 17.0. The van der Waals surface area contributed by atoms with Gasteiger partial charge in [-0.05, 0) is 131 Å². The highest BCUT2D eigenvalue weighted by Gasteiger charge is 2.08. The molecule has 0 radical (unpaired) electrons. The highest BCUT2D eigenvalue weighted by Crippen LogP contribution is 2.08. The Morgan fingerprint density at radius 3 is 1.17 bits per heavy atom. The van der Waals surface area contributed by atoms with Gasteiger partial charge in [0.15, 0.2) is 0 Å². The fourth-order valence-corrected chi connectivity index (χ4v) is 3.81. The predicted octanol–water partition coefficient (Wildman–Crippen LogP) is 5.68. The molecule has 2 saturated heterocycles. The summed E-state index contributed by atoms with van der Waals surface area (Å²) in [7, 11) is 6.32. The van der Waals surface area contributed by atoms with Crippen LogP contribution in [0.5, 0.6) is 0 Å². The minimum atomic E-state index is 1.17. The molecule has 0 saturated carbocycles. The minimum absolute atomic E-state index is 1.17. The van der Waals surface area contributed by atoms with Gasteiger partial charge in [-0.1, -0.05) is 41.0 Å². The van der Waals surface area contributed by atoms with Crippen molar-refractivity contribution in [1.82, 2.24) is 19.6 Å². The molecule has 184 valence electrons. The Balaban J connectivity index is 0. The van der Waals surface area contributed by atoms with Crippen LogP contribution >= 0.6 is 0 Å². The van der Waals surface area contributed by atoms with Crippen molar-refractivity contribution >= 4 is 0 Å². The third-order valence-electron chi connectivity index (χ3n) is 5.54. The van der Waals surface area contributed by atoms with E-state index in [1.54, 1.807) is 0 Å². The lowest BCUT2D eigenvalue weighted by Gasteiger charge is -2.25. The highest BCUT2D eigenvalue weighted by atomic mass is 15.1. The molecule has 0 aromatic rings. The van der Waals surface area contributed by atoms with Gasteiger partial charge in [0, 0.05) is 0 Å². The summed E-state index contributed by atoms with van der Waals surface area (Å²) in [6, 6.07) is 0. The van der Waals surface area contributed by atoms with E-state index in [0.29, 0.717) is 0 Å². The third kappa shape index (κ3) is 24.1. The first-order chi connectivity index (χ1) is 14.4. The maximum absolute atomic E-state index is 2.57. The summed E-state index contributed by atoms with van der Waals surface area (Å²) in [6.07, 6.45) is 12.3. The smallest absolute Gasteiger partial charge is 0.00183 e. The summed E-state index contributed by atoms with van der Waals surface area (Å²) >= 11 is 0. The van der Waals surface area contributed by atoms with E-state index in [-0.39, 0.29) is 0 Å². The quantitative estimate of drug-likeness (QED) is 0.468. The molecule has 0 aromatic carbocycles. The Morgan fingerprint density at radius 1 is 0.533 bits per heavy atom. The van der Waals surface area contributed by atoms with Gasteiger partial charge in [-0.3, -0.25) is 0 Å². The first kappa shape index (κ1) is 32.0. The maximum atomic E-state index is 2.57. The summed E-state index contributed by atoms with van der Waals surface area (Å²) in [5.41, 5.74) is 0. The van der Waals surface area contributed by atoms with Crippen LogP contribution in [0.2, 0.25) is 0 Å². The molecule has 4 heteroatoms. The van der Waals surface area contributed by atoms with E-state index in [9.17, 15) is 0 Å². The van der Waals surface area contributed by atoms with Crippen LogP contribution in [0.15, 0.2) is 0 Å². The lowest BCUT2D eigenvalue weighted by Crippen LogP contribution is -2.30. The first-order valence-corrected chi connectivity index (χ1v) is 13.2. The van der Waals surface area contributed by atoms with Crippen molar-refractivity contribution in [2.75, 3.05) is 80.0 Å². The van der Waals surface area contributed by atoms with Crippen molar-refractivity contribution in [1.29, 1.82) is 0 Å². The van der Waals surface area contributed by atoms with Gasteiger partial charge in [0.2, 0.25) is 0 Å². The van der Waals surface area contributed by atoms with Crippen molar-refractivity contribution < 1.29 is 0 Å². The molecule has 2 fully saturated rings. The number of nitrogens with zero attached hydrogens (tertiary/aromatic N) is 4. The van der Waals surface area contributed by atoms with Crippen LogP contribution in [-0.2, 0) is 0 Å². The topological polar surface area (TPSA) is 13.0 Å². The van der Waals surface area contributed by atoms with Gasteiger partial charge in [-0.2, -0.15) is 0 Å². The summed E-state index contributed by atoms with van der Waals surface area (Å²) in [5, 5.41) is 0. The van der Waals surface area contributed by atoms with Crippen LogP contribution in [0, 0.1) is 0 Å². The van der Waals surface area contributed by atoms with Gasteiger partial charge in [-0.15, -0.1) is 0 Å². The molecule has 0 aromatic heterocycles. The van der Waals surface area contributed by atoms with Crippen molar-refractivity contribution in [2.24, 2.45) is 0 Å². The molecule has 0 bridgehead atoms. The number of piperidine rings is 1. The molecular formula is C26H60N4. The Hall–Kier alpha value is -0.160. The molecule has 2 aliphatic heterocycles. The molecule has 0 spiro atoms. The standard InChI is InChI=1S/C8H17N.C7H15N.C6H15N.C5H13N/c1-2-6-9-7-4-3-5-8-9;1-2-5-8-6-3-4-7-8;1-4-6-7(3)5-2;1-4-5-6(2)3/h2-8H2,1H3;2-7H2,1H3;4-6H2,1-3H3;4-5H2,1-3H3. The third-order valence-corrected chi connectivity index (χ3v) is 5.54. The van der Waals surface area contributed by atoms with Crippen LogP contribution < -0.4 is 0 Å². The van der Waals surface area contributed by atoms with Crippen LogP contribution in [0.4, 0.5) is 0 Å². The molecule has 0 N–H and O–H groups in total. The second-order valence-corrected chi connectivity index (χ2v) is 9.15. The fourth-order valence-electron chi connectivity index (χ4n) is 3.81. The Kier molecular flexibility index (Phi) is 26.8. The lowest BCUT2D eigenvalue weighted by atomic mass is 10.1. The van der Waals surface area contributed by atoms with Gasteiger partial charge in [0.25, 0.3) is 0 Å².